The van der Waals surface area contributed by atoms with Crippen molar-refractivity contribution in [2.75, 3.05) is 19.6 Å². The Morgan fingerprint density at radius 1 is 1.53 bits per heavy atom. The van der Waals surface area contributed by atoms with E-state index in [0.29, 0.717) is 18.3 Å². The average molecular weight is 266 g/mol. The highest BCUT2D eigenvalue weighted by atomic mass is 16.4. The van der Waals surface area contributed by atoms with E-state index in [-0.39, 0.29) is 5.56 Å². The maximum Gasteiger partial charge on any atom is 0.339 e. The summed E-state index contributed by atoms with van der Waals surface area (Å²) in [4.78, 5) is 13.4. The Hall–Kier alpha value is -1.33. The molecule has 0 spiro atoms. The maximum atomic E-state index is 11.0. The standard InChI is InChI=1S/C14H22N2O3/c1-2-6-16-7-3-11(4-8-16)15-10-13-12(14(17)18)5-9-19-13/h5,9,11,15H,2-4,6-8,10H2,1H3,(H,17,18). The van der Waals surface area contributed by atoms with Gasteiger partial charge in [-0.2, -0.15) is 0 Å². The van der Waals surface area contributed by atoms with E-state index in [2.05, 4.69) is 17.1 Å². The van der Waals surface area contributed by atoms with Gasteiger partial charge in [0.05, 0.1) is 12.8 Å². The van der Waals surface area contributed by atoms with Crippen molar-refractivity contribution in [3.05, 3.63) is 23.7 Å². The minimum absolute atomic E-state index is 0.260. The van der Waals surface area contributed by atoms with Crippen molar-refractivity contribution in [1.29, 1.82) is 0 Å². The van der Waals surface area contributed by atoms with Crippen LogP contribution in [-0.4, -0.2) is 41.7 Å². The van der Waals surface area contributed by atoms with Gasteiger partial charge in [0.2, 0.25) is 0 Å². The third-order valence-electron chi connectivity index (χ3n) is 3.65. The summed E-state index contributed by atoms with van der Waals surface area (Å²) < 4.78 is 5.22. The van der Waals surface area contributed by atoms with Gasteiger partial charge in [0.25, 0.3) is 0 Å². The van der Waals surface area contributed by atoms with Gasteiger partial charge in [-0.3, -0.25) is 0 Å². The first-order chi connectivity index (χ1) is 9.20. The van der Waals surface area contributed by atoms with Gasteiger partial charge in [-0.1, -0.05) is 6.92 Å². The summed E-state index contributed by atoms with van der Waals surface area (Å²) in [5.74, 6) is -0.410. The van der Waals surface area contributed by atoms with E-state index in [1.807, 2.05) is 0 Å². The van der Waals surface area contributed by atoms with E-state index in [0.717, 1.165) is 25.9 Å². The van der Waals surface area contributed by atoms with E-state index in [9.17, 15) is 4.79 Å². The lowest BCUT2D eigenvalue weighted by Crippen LogP contribution is -2.42. The number of likely N-dealkylation sites (tertiary alicyclic amines) is 1. The minimum Gasteiger partial charge on any atom is -0.478 e. The molecule has 0 unspecified atom stereocenters. The van der Waals surface area contributed by atoms with Crippen molar-refractivity contribution in [3.63, 3.8) is 0 Å². The first kappa shape index (κ1) is 14.1. The van der Waals surface area contributed by atoms with Gasteiger partial charge in [-0.15, -0.1) is 0 Å². The molecule has 5 nitrogen and oxygen atoms in total. The molecule has 0 aromatic carbocycles. The predicted molar refractivity (Wildman–Crippen MR) is 72.3 cm³/mol. The molecule has 19 heavy (non-hydrogen) atoms. The molecule has 0 aliphatic carbocycles. The quantitative estimate of drug-likeness (QED) is 0.823. The molecule has 0 saturated carbocycles. The third kappa shape index (κ3) is 3.81. The summed E-state index contributed by atoms with van der Waals surface area (Å²) >= 11 is 0. The number of carbonyl (C=O) groups is 1. The Morgan fingerprint density at radius 3 is 2.89 bits per heavy atom. The van der Waals surface area contributed by atoms with Crippen LogP contribution in [0.15, 0.2) is 16.7 Å². The van der Waals surface area contributed by atoms with Gasteiger partial charge in [-0.05, 0) is 45.0 Å². The van der Waals surface area contributed by atoms with Crippen molar-refractivity contribution in [1.82, 2.24) is 10.2 Å². The lowest BCUT2D eigenvalue weighted by Gasteiger charge is -2.32. The van der Waals surface area contributed by atoms with Crippen LogP contribution in [0.3, 0.4) is 0 Å². The van der Waals surface area contributed by atoms with Crippen LogP contribution in [0, 0.1) is 0 Å². The largest absolute Gasteiger partial charge is 0.478 e. The van der Waals surface area contributed by atoms with E-state index in [1.54, 1.807) is 0 Å². The highest BCUT2D eigenvalue weighted by Gasteiger charge is 2.19. The highest BCUT2D eigenvalue weighted by molar-refractivity contribution is 5.88. The fourth-order valence-electron chi connectivity index (χ4n) is 2.58. The predicted octanol–water partition coefficient (Wildman–Crippen LogP) is 1.94. The first-order valence-electron chi connectivity index (χ1n) is 6.96. The Kier molecular flexibility index (Phi) is 4.99. The van der Waals surface area contributed by atoms with Crippen LogP contribution in [0.1, 0.15) is 42.3 Å². The highest BCUT2D eigenvalue weighted by Crippen LogP contribution is 2.14. The second-order valence-corrected chi connectivity index (χ2v) is 5.06. The van der Waals surface area contributed by atoms with Crippen molar-refractivity contribution >= 4 is 5.97 Å². The zero-order valence-electron chi connectivity index (χ0n) is 11.4. The van der Waals surface area contributed by atoms with Crippen molar-refractivity contribution in [2.45, 2.75) is 38.8 Å². The molecule has 106 valence electrons. The normalized spacial score (nSPS) is 17.7. The van der Waals surface area contributed by atoms with E-state index in [1.165, 1.54) is 25.3 Å². The van der Waals surface area contributed by atoms with Crippen LogP contribution in [0.5, 0.6) is 0 Å². The molecule has 1 aromatic heterocycles. The van der Waals surface area contributed by atoms with Gasteiger partial charge in [0.1, 0.15) is 11.3 Å². The van der Waals surface area contributed by atoms with Gasteiger partial charge in [0, 0.05) is 6.04 Å². The molecule has 0 radical (unpaired) electrons. The van der Waals surface area contributed by atoms with Crippen LogP contribution < -0.4 is 5.32 Å². The molecule has 1 aliphatic rings. The molecule has 2 rings (SSSR count). The van der Waals surface area contributed by atoms with Gasteiger partial charge in [-0.25, -0.2) is 4.79 Å². The number of carboxylic acids is 1. The van der Waals surface area contributed by atoms with Gasteiger partial charge < -0.3 is 19.7 Å². The van der Waals surface area contributed by atoms with Crippen molar-refractivity contribution in [2.24, 2.45) is 0 Å². The molecule has 1 saturated heterocycles. The first-order valence-corrected chi connectivity index (χ1v) is 6.96. The number of nitrogens with zero attached hydrogens (tertiary/aromatic N) is 1. The van der Waals surface area contributed by atoms with Crippen LogP contribution in [0.2, 0.25) is 0 Å². The molecule has 5 heteroatoms. The fraction of sp³-hybridized carbons (Fsp3) is 0.643. The Balaban J connectivity index is 1.77. The number of aromatic carboxylic acids is 1. The maximum absolute atomic E-state index is 11.0. The molecular weight excluding hydrogens is 244 g/mol. The molecule has 0 amide bonds. The van der Waals surface area contributed by atoms with Crippen LogP contribution in [0.25, 0.3) is 0 Å². The smallest absolute Gasteiger partial charge is 0.339 e. The SMILES string of the molecule is CCCN1CCC(NCc2occc2C(=O)O)CC1. The van der Waals surface area contributed by atoms with Crippen LogP contribution in [0.4, 0.5) is 0 Å². The lowest BCUT2D eigenvalue weighted by molar-refractivity contribution is 0.0694. The molecule has 0 atom stereocenters. The number of hydrogen-bond donors (Lipinski definition) is 2. The van der Waals surface area contributed by atoms with E-state index in [4.69, 9.17) is 9.52 Å². The minimum atomic E-state index is -0.927. The topological polar surface area (TPSA) is 65.7 Å². The zero-order valence-corrected chi connectivity index (χ0v) is 11.4. The summed E-state index contributed by atoms with van der Waals surface area (Å²) in [6, 6.07) is 1.96. The number of nitrogens with one attached hydrogen (secondary N) is 1. The Bertz CT molecular complexity index is 409. The number of carboxylic acid groups (broad SMARTS) is 1. The number of piperidine rings is 1. The number of hydrogen-bond acceptors (Lipinski definition) is 4. The monoisotopic (exact) mass is 266 g/mol. The van der Waals surface area contributed by atoms with Gasteiger partial charge >= 0.3 is 5.97 Å². The summed E-state index contributed by atoms with van der Waals surface area (Å²) in [5.41, 5.74) is 0.260. The molecule has 2 heterocycles. The third-order valence-corrected chi connectivity index (χ3v) is 3.65. The van der Waals surface area contributed by atoms with E-state index < -0.39 is 5.97 Å². The second-order valence-electron chi connectivity index (χ2n) is 5.06. The van der Waals surface area contributed by atoms with E-state index >= 15 is 0 Å². The summed E-state index contributed by atoms with van der Waals surface area (Å²) in [6.45, 7) is 6.11. The lowest BCUT2D eigenvalue weighted by atomic mass is 10.0. The molecule has 1 aromatic rings. The summed E-state index contributed by atoms with van der Waals surface area (Å²) in [6.07, 6.45) is 4.86. The summed E-state index contributed by atoms with van der Waals surface area (Å²) in [5, 5.41) is 12.4. The van der Waals surface area contributed by atoms with Gasteiger partial charge in [0.15, 0.2) is 0 Å². The molecule has 0 bridgehead atoms. The zero-order chi connectivity index (χ0) is 13.7. The molecule has 1 aliphatic heterocycles. The van der Waals surface area contributed by atoms with Crippen molar-refractivity contribution in [3.8, 4) is 0 Å². The number of furan rings is 1. The Labute approximate surface area is 113 Å². The van der Waals surface area contributed by atoms with Crippen molar-refractivity contribution < 1.29 is 14.3 Å². The molecule has 1 fully saturated rings. The molecule has 2 N–H and O–H groups in total. The second kappa shape index (κ2) is 6.73. The Morgan fingerprint density at radius 2 is 2.26 bits per heavy atom. The average Bonchev–Trinajstić information content (AvgIpc) is 2.87. The van der Waals surface area contributed by atoms with Crippen LogP contribution in [-0.2, 0) is 6.54 Å². The molecular formula is C14H22N2O3. The number of rotatable bonds is 6. The van der Waals surface area contributed by atoms with Crippen LogP contribution >= 0.6 is 0 Å². The summed E-state index contributed by atoms with van der Waals surface area (Å²) in [7, 11) is 0. The fourth-order valence-corrected chi connectivity index (χ4v) is 2.58.